The van der Waals surface area contributed by atoms with Crippen LogP contribution < -0.4 is 9.47 Å². The predicted octanol–water partition coefficient (Wildman–Crippen LogP) is 5.48. The molecule has 30 heavy (non-hydrogen) atoms. The molecule has 3 aromatic rings. The average Bonchev–Trinajstić information content (AvgIpc) is 3.27. The molecular weight excluding hydrogens is 411 g/mol. The molecule has 2 heterocycles. The summed E-state index contributed by atoms with van der Waals surface area (Å²) in [6.45, 7) is 0.815. The van der Waals surface area contributed by atoms with E-state index < -0.39 is 47.0 Å². The second-order valence-electron chi connectivity index (χ2n) is 6.38. The van der Waals surface area contributed by atoms with Gasteiger partial charge in [-0.15, -0.1) is 0 Å². The van der Waals surface area contributed by atoms with Crippen molar-refractivity contribution in [3.8, 4) is 11.5 Å². The summed E-state index contributed by atoms with van der Waals surface area (Å²) >= 11 is 0. The minimum absolute atomic E-state index is 0.000541. The zero-order valence-corrected chi connectivity index (χ0v) is 15.2. The lowest BCUT2D eigenvalue weighted by Crippen LogP contribution is -2.09. The van der Waals surface area contributed by atoms with Crippen molar-refractivity contribution in [1.29, 1.82) is 0 Å². The normalized spacial score (nSPS) is 14.2. The lowest BCUT2D eigenvalue weighted by Gasteiger charge is -2.10. The van der Waals surface area contributed by atoms with Crippen LogP contribution in [0.5, 0.6) is 11.5 Å². The molecule has 0 fully saturated rings. The van der Waals surface area contributed by atoms with E-state index in [4.69, 9.17) is 13.9 Å². The number of rotatable bonds is 4. The Morgan fingerprint density at radius 3 is 2.23 bits per heavy atom. The number of ketones is 1. The summed E-state index contributed by atoms with van der Waals surface area (Å²) in [4.78, 5) is 12.4. The van der Waals surface area contributed by atoms with Gasteiger partial charge in [0.25, 0.3) is 0 Å². The van der Waals surface area contributed by atoms with Crippen LogP contribution in [0.1, 0.15) is 27.4 Å². The van der Waals surface area contributed by atoms with Gasteiger partial charge < -0.3 is 13.9 Å². The van der Waals surface area contributed by atoms with Gasteiger partial charge in [0.2, 0.25) is 11.6 Å². The lowest BCUT2D eigenvalue weighted by molar-refractivity contribution is 0.101. The summed E-state index contributed by atoms with van der Waals surface area (Å²) < 4.78 is 83.2. The van der Waals surface area contributed by atoms with Gasteiger partial charge in [-0.05, 0) is 31.2 Å². The zero-order chi connectivity index (χ0) is 21.6. The number of carbonyl (C=O) groups excluding carboxylic acids is 1. The highest BCUT2D eigenvalue weighted by Crippen LogP contribution is 2.35. The van der Waals surface area contributed by atoms with Crippen molar-refractivity contribution in [2.45, 2.75) is 13.5 Å². The lowest BCUT2D eigenvalue weighted by atomic mass is 10.1. The number of hydrogen-bond donors (Lipinski definition) is 0. The molecular formula is C21H11F5O4. The van der Waals surface area contributed by atoms with E-state index >= 15 is 0 Å². The third-order valence-corrected chi connectivity index (χ3v) is 4.36. The maximum atomic E-state index is 13.7. The molecule has 0 spiro atoms. The van der Waals surface area contributed by atoms with Gasteiger partial charge in [-0.3, -0.25) is 4.79 Å². The second kappa shape index (κ2) is 7.33. The van der Waals surface area contributed by atoms with Crippen LogP contribution in [-0.4, -0.2) is 5.78 Å². The van der Waals surface area contributed by atoms with Gasteiger partial charge in [-0.1, -0.05) is 0 Å². The SMILES string of the molecule is Cc1ccc(/C=C2\Oc3cc(OCc4c(F)c(F)c(F)c(F)c4F)ccc3C2=O)o1. The van der Waals surface area contributed by atoms with E-state index in [1.165, 1.54) is 24.3 Å². The van der Waals surface area contributed by atoms with Gasteiger partial charge in [0, 0.05) is 12.1 Å². The fraction of sp³-hybridized carbons (Fsp3) is 0.0952. The van der Waals surface area contributed by atoms with Gasteiger partial charge >= 0.3 is 0 Å². The highest BCUT2D eigenvalue weighted by Gasteiger charge is 2.29. The predicted molar refractivity (Wildman–Crippen MR) is 93.4 cm³/mol. The van der Waals surface area contributed by atoms with Crippen molar-refractivity contribution < 1.29 is 40.6 Å². The number of benzene rings is 2. The Morgan fingerprint density at radius 2 is 1.60 bits per heavy atom. The molecule has 0 bridgehead atoms. The molecule has 0 amide bonds. The fourth-order valence-corrected chi connectivity index (χ4v) is 2.85. The van der Waals surface area contributed by atoms with Crippen LogP contribution >= 0.6 is 0 Å². The highest BCUT2D eigenvalue weighted by molar-refractivity contribution is 6.14. The fourth-order valence-electron chi connectivity index (χ4n) is 2.85. The smallest absolute Gasteiger partial charge is 0.232 e. The molecule has 0 radical (unpaired) electrons. The number of ether oxygens (including phenoxy) is 2. The maximum Gasteiger partial charge on any atom is 0.232 e. The van der Waals surface area contributed by atoms with Gasteiger partial charge in [0.05, 0.1) is 11.1 Å². The molecule has 1 aliphatic rings. The van der Waals surface area contributed by atoms with Gasteiger partial charge in [0.15, 0.2) is 29.0 Å². The minimum atomic E-state index is -2.25. The Balaban J connectivity index is 1.56. The van der Waals surface area contributed by atoms with Crippen molar-refractivity contribution in [2.24, 2.45) is 0 Å². The molecule has 0 saturated heterocycles. The average molecular weight is 422 g/mol. The molecule has 0 atom stereocenters. The van der Waals surface area contributed by atoms with Crippen molar-refractivity contribution in [3.63, 3.8) is 0 Å². The molecule has 1 aliphatic heterocycles. The van der Waals surface area contributed by atoms with Crippen molar-refractivity contribution in [3.05, 3.63) is 87.8 Å². The van der Waals surface area contributed by atoms with Crippen LogP contribution in [0.2, 0.25) is 0 Å². The molecule has 0 N–H and O–H groups in total. The molecule has 2 aromatic carbocycles. The Kier molecular flexibility index (Phi) is 4.81. The first-order valence-electron chi connectivity index (χ1n) is 8.54. The van der Waals surface area contributed by atoms with Crippen LogP contribution in [0.25, 0.3) is 6.08 Å². The number of allylic oxidation sites excluding steroid dienone is 1. The molecule has 154 valence electrons. The first kappa shape index (κ1) is 19.7. The molecule has 1 aromatic heterocycles. The van der Waals surface area contributed by atoms with E-state index in [-0.39, 0.29) is 22.8 Å². The van der Waals surface area contributed by atoms with E-state index in [9.17, 15) is 26.7 Å². The summed E-state index contributed by atoms with van der Waals surface area (Å²) in [5.41, 5.74) is -0.897. The third kappa shape index (κ3) is 3.32. The number of furan rings is 1. The minimum Gasteiger partial charge on any atom is -0.489 e. The third-order valence-electron chi connectivity index (χ3n) is 4.36. The Hall–Kier alpha value is -3.62. The largest absolute Gasteiger partial charge is 0.489 e. The van der Waals surface area contributed by atoms with E-state index in [0.717, 1.165) is 0 Å². The van der Waals surface area contributed by atoms with Crippen molar-refractivity contribution >= 4 is 11.9 Å². The van der Waals surface area contributed by atoms with Crippen LogP contribution in [0.15, 0.2) is 40.5 Å². The quantitative estimate of drug-likeness (QED) is 0.242. The summed E-state index contributed by atoms with van der Waals surface area (Å²) in [5.74, 6) is -9.55. The van der Waals surface area contributed by atoms with E-state index in [0.29, 0.717) is 11.5 Å². The Morgan fingerprint density at radius 1 is 0.933 bits per heavy atom. The monoisotopic (exact) mass is 422 g/mol. The molecule has 0 saturated carbocycles. The molecule has 4 rings (SSSR count). The van der Waals surface area contributed by atoms with E-state index in [2.05, 4.69) is 0 Å². The summed E-state index contributed by atoms with van der Waals surface area (Å²) in [7, 11) is 0. The van der Waals surface area contributed by atoms with Gasteiger partial charge in [-0.25, -0.2) is 22.0 Å². The van der Waals surface area contributed by atoms with Crippen LogP contribution in [0.4, 0.5) is 22.0 Å². The van der Waals surface area contributed by atoms with Crippen LogP contribution in [0, 0.1) is 36.0 Å². The topological polar surface area (TPSA) is 48.7 Å². The van der Waals surface area contributed by atoms with E-state index in [1.54, 1.807) is 19.1 Å². The molecule has 0 unspecified atom stereocenters. The molecule has 0 aliphatic carbocycles. The number of fused-ring (bicyclic) bond motifs is 1. The zero-order valence-electron chi connectivity index (χ0n) is 15.2. The van der Waals surface area contributed by atoms with Gasteiger partial charge in [-0.2, -0.15) is 0 Å². The number of halogens is 5. The molecule has 9 heteroatoms. The standard InChI is InChI=1S/C21H11F5O4/c1-9-2-3-11(29-9)7-15-21(27)12-5-4-10(6-14(12)30-15)28-8-13-16(22)18(24)20(26)19(25)17(13)23/h2-7H,8H2,1H3/b15-7-. The summed E-state index contributed by atoms with van der Waals surface area (Å²) in [6.07, 6.45) is 1.41. The Labute approximate surface area is 166 Å². The summed E-state index contributed by atoms with van der Waals surface area (Å²) in [5, 5.41) is 0. The highest BCUT2D eigenvalue weighted by atomic mass is 19.2. The maximum absolute atomic E-state index is 13.7. The number of Topliss-reactive ketones (excluding diaryl/α,β-unsaturated/α-hetero) is 1. The van der Waals surface area contributed by atoms with Crippen LogP contribution in [-0.2, 0) is 6.61 Å². The second-order valence-corrected chi connectivity index (χ2v) is 6.38. The first-order valence-corrected chi connectivity index (χ1v) is 8.54. The number of hydrogen-bond acceptors (Lipinski definition) is 4. The Bertz CT molecular complexity index is 1180. The summed E-state index contributed by atoms with van der Waals surface area (Å²) in [6, 6.07) is 7.31. The number of carbonyl (C=O) groups is 1. The van der Waals surface area contributed by atoms with Crippen molar-refractivity contribution in [1.82, 2.24) is 0 Å². The van der Waals surface area contributed by atoms with Crippen molar-refractivity contribution in [2.75, 3.05) is 0 Å². The van der Waals surface area contributed by atoms with Gasteiger partial charge in [0.1, 0.15) is 29.6 Å². The number of aryl methyl sites for hydroxylation is 1. The van der Waals surface area contributed by atoms with Crippen LogP contribution in [0.3, 0.4) is 0 Å². The van der Waals surface area contributed by atoms with E-state index in [1.807, 2.05) is 0 Å². The first-order chi connectivity index (χ1) is 14.3. The molecule has 4 nitrogen and oxygen atoms in total.